The monoisotopic (exact) mass is 245 g/mol. The third-order valence-corrected chi connectivity index (χ3v) is 3.33. The third kappa shape index (κ3) is 2.65. The summed E-state index contributed by atoms with van der Waals surface area (Å²) >= 11 is 0. The molecule has 0 amide bonds. The van der Waals surface area contributed by atoms with Crippen molar-refractivity contribution in [3.8, 4) is 11.8 Å². The topological polar surface area (TPSA) is 53.2 Å². The maximum atomic E-state index is 9.23. The number of hydrogen-bond acceptors (Lipinski definition) is 3. The van der Waals surface area contributed by atoms with Gasteiger partial charge in [-0.2, -0.15) is 5.26 Å². The van der Waals surface area contributed by atoms with Gasteiger partial charge in [-0.05, 0) is 23.1 Å². The average molecular weight is 245 g/mol. The second-order valence-corrected chi connectivity index (χ2v) is 5.94. The molecule has 1 aliphatic carbocycles. The number of benzene rings is 1. The van der Waals surface area contributed by atoms with Crippen LogP contribution in [0.2, 0.25) is 0 Å². The molecule has 0 unspecified atom stereocenters. The minimum absolute atomic E-state index is 0.0246. The van der Waals surface area contributed by atoms with Crippen molar-refractivity contribution in [3.63, 3.8) is 0 Å². The molecule has 0 spiro atoms. The minimum Gasteiger partial charge on any atom is -0.489 e. The van der Waals surface area contributed by atoms with E-state index in [0.717, 1.165) is 5.56 Å². The predicted octanol–water partition coefficient (Wildman–Crippen LogP) is 2.76. The molecule has 1 saturated carbocycles. The average Bonchev–Trinajstić information content (AvgIpc) is 2.26. The summed E-state index contributed by atoms with van der Waals surface area (Å²) < 4.78 is 5.73. The van der Waals surface area contributed by atoms with E-state index in [4.69, 9.17) is 4.74 Å². The summed E-state index contributed by atoms with van der Waals surface area (Å²) in [5.74, 6) is 0.627. The first-order chi connectivity index (χ1) is 8.40. The molecule has 0 aliphatic heterocycles. The first-order valence-corrected chi connectivity index (χ1v) is 6.29. The molecule has 1 N–H and O–H groups in total. The highest BCUT2D eigenvalue weighted by Crippen LogP contribution is 2.31. The Morgan fingerprint density at radius 3 is 2.50 bits per heavy atom. The quantitative estimate of drug-likeness (QED) is 0.871. The van der Waals surface area contributed by atoms with Crippen LogP contribution < -0.4 is 4.74 Å². The number of rotatable bonds is 2. The van der Waals surface area contributed by atoms with E-state index in [-0.39, 0.29) is 17.6 Å². The highest BCUT2D eigenvalue weighted by atomic mass is 16.5. The van der Waals surface area contributed by atoms with Crippen LogP contribution in [0, 0.1) is 11.3 Å². The van der Waals surface area contributed by atoms with Crippen molar-refractivity contribution in [1.29, 1.82) is 5.26 Å². The van der Waals surface area contributed by atoms with E-state index in [1.165, 1.54) is 0 Å². The van der Waals surface area contributed by atoms with Gasteiger partial charge in [-0.3, -0.25) is 0 Å². The van der Waals surface area contributed by atoms with Crippen LogP contribution in [-0.4, -0.2) is 17.3 Å². The summed E-state index contributed by atoms with van der Waals surface area (Å²) in [7, 11) is 0. The van der Waals surface area contributed by atoms with Crippen LogP contribution in [0.3, 0.4) is 0 Å². The third-order valence-electron chi connectivity index (χ3n) is 3.33. The van der Waals surface area contributed by atoms with Crippen molar-refractivity contribution in [2.75, 3.05) is 0 Å². The van der Waals surface area contributed by atoms with Gasteiger partial charge in [0, 0.05) is 12.8 Å². The normalized spacial score (nSPS) is 23.1. The smallest absolute Gasteiger partial charge is 0.137 e. The molecule has 3 heteroatoms. The van der Waals surface area contributed by atoms with Gasteiger partial charge in [-0.1, -0.05) is 26.8 Å². The number of nitriles is 1. The lowest BCUT2D eigenvalue weighted by atomic mass is 9.86. The Bertz CT molecular complexity index is 476. The van der Waals surface area contributed by atoms with Crippen molar-refractivity contribution in [3.05, 3.63) is 29.3 Å². The van der Waals surface area contributed by atoms with Gasteiger partial charge in [-0.25, -0.2) is 0 Å². The van der Waals surface area contributed by atoms with Crippen LogP contribution in [0.5, 0.6) is 5.75 Å². The van der Waals surface area contributed by atoms with E-state index < -0.39 is 0 Å². The van der Waals surface area contributed by atoms with Crippen LogP contribution in [0.4, 0.5) is 0 Å². The molecule has 1 aromatic carbocycles. The zero-order valence-electron chi connectivity index (χ0n) is 11.1. The van der Waals surface area contributed by atoms with E-state index in [1.807, 2.05) is 18.2 Å². The summed E-state index contributed by atoms with van der Waals surface area (Å²) in [6.07, 6.45) is 1.12. The molecule has 1 aliphatic rings. The van der Waals surface area contributed by atoms with Gasteiger partial charge in [0.1, 0.15) is 17.9 Å². The number of nitrogens with zero attached hydrogens (tertiary/aromatic N) is 1. The molecule has 0 radical (unpaired) electrons. The standard InChI is InChI=1S/C15H19NO2/c1-15(2,3)11-4-5-14(10(6-11)9-16)18-13-7-12(17)8-13/h4-6,12-13,17H,7-8H2,1-3H3. The molecule has 18 heavy (non-hydrogen) atoms. The highest BCUT2D eigenvalue weighted by molar-refractivity contribution is 5.47. The summed E-state index contributed by atoms with van der Waals surface area (Å²) in [5.41, 5.74) is 1.72. The van der Waals surface area contributed by atoms with E-state index in [9.17, 15) is 10.4 Å². The number of hydrogen-bond donors (Lipinski definition) is 1. The van der Waals surface area contributed by atoms with Crippen molar-refractivity contribution >= 4 is 0 Å². The van der Waals surface area contributed by atoms with Crippen LogP contribution in [-0.2, 0) is 5.41 Å². The SMILES string of the molecule is CC(C)(C)c1ccc(OC2CC(O)C2)c(C#N)c1. The Labute approximate surface area is 108 Å². The van der Waals surface area contributed by atoms with E-state index >= 15 is 0 Å². The summed E-state index contributed by atoms with van der Waals surface area (Å²) in [5, 5.41) is 18.4. The van der Waals surface area contributed by atoms with Gasteiger partial charge >= 0.3 is 0 Å². The van der Waals surface area contributed by atoms with Crippen LogP contribution >= 0.6 is 0 Å². The summed E-state index contributed by atoms with van der Waals surface area (Å²) in [6.45, 7) is 6.35. The second-order valence-electron chi connectivity index (χ2n) is 5.94. The van der Waals surface area contributed by atoms with E-state index in [2.05, 4.69) is 26.8 Å². The lowest BCUT2D eigenvalue weighted by Crippen LogP contribution is -2.37. The van der Waals surface area contributed by atoms with Gasteiger partial charge in [-0.15, -0.1) is 0 Å². The predicted molar refractivity (Wildman–Crippen MR) is 69.5 cm³/mol. The molecule has 1 fully saturated rings. The summed E-state index contributed by atoms with van der Waals surface area (Å²) in [4.78, 5) is 0. The Hall–Kier alpha value is -1.53. The van der Waals surface area contributed by atoms with Crippen LogP contribution in [0.25, 0.3) is 0 Å². The van der Waals surface area contributed by atoms with Gasteiger partial charge in [0.2, 0.25) is 0 Å². The number of ether oxygens (including phenoxy) is 1. The molecule has 0 aromatic heterocycles. The largest absolute Gasteiger partial charge is 0.489 e. The molecule has 0 atom stereocenters. The second kappa shape index (κ2) is 4.62. The Kier molecular flexibility index (Phi) is 3.32. The molecular weight excluding hydrogens is 226 g/mol. The molecule has 2 rings (SSSR count). The van der Waals surface area contributed by atoms with Gasteiger partial charge < -0.3 is 9.84 Å². The fourth-order valence-electron chi connectivity index (χ4n) is 2.00. The zero-order chi connectivity index (χ0) is 13.3. The maximum Gasteiger partial charge on any atom is 0.137 e. The lowest BCUT2D eigenvalue weighted by molar-refractivity contribution is -0.0109. The van der Waals surface area contributed by atoms with Gasteiger partial charge in [0.25, 0.3) is 0 Å². The van der Waals surface area contributed by atoms with Crippen molar-refractivity contribution in [2.24, 2.45) is 0 Å². The van der Waals surface area contributed by atoms with Crippen molar-refractivity contribution in [2.45, 2.75) is 51.2 Å². The van der Waals surface area contributed by atoms with Gasteiger partial charge in [0.05, 0.1) is 11.7 Å². The van der Waals surface area contributed by atoms with Gasteiger partial charge in [0.15, 0.2) is 0 Å². The minimum atomic E-state index is -0.241. The molecule has 96 valence electrons. The lowest BCUT2D eigenvalue weighted by Gasteiger charge is -2.32. The Balaban J connectivity index is 2.19. The number of aliphatic hydroxyl groups is 1. The van der Waals surface area contributed by atoms with Crippen LogP contribution in [0.1, 0.15) is 44.7 Å². The molecule has 1 aromatic rings. The molecule has 3 nitrogen and oxygen atoms in total. The Morgan fingerprint density at radius 2 is 2.00 bits per heavy atom. The number of aliphatic hydroxyl groups excluding tert-OH is 1. The maximum absolute atomic E-state index is 9.23. The first-order valence-electron chi connectivity index (χ1n) is 6.29. The molecule has 0 saturated heterocycles. The zero-order valence-corrected chi connectivity index (χ0v) is 11.1. The first kappa shape index (κ1) is 12.9. The fraction of sp³-hybridized carbons (Fsp3) is 0.533. The van der Waals surface area contributed by atoms with Crippen molar-refractivity contribution in [1.82, 2.24) is 0 Å². The van der Waals surface area contributed by atoms with Crippen LogP contribution in [0.15, 0.2) is 18.2 Å². The van der Waals surface area contributed by atoms with Crippen molar-refractivity contribution < 1.29 is 9.84 Å². The fourth-order valence-corrected chi connectivity index (χ4v) is 2.00. The van der Waals surface area contributed by atoms with E-state index in [0.29, 0.717) is 24.2 Å². The summed E-state index contributed by atoms with van der Waals surface area (Å²) in [6, 6.07) is 7.95. The molecule has 0 bridgehead atoms. The Morgan fingerprint density at radius 1 is 1.33 bits per heavy atom. The molecule has 0 heterocycles. The highest BCUT2D eigenvalue weighted by Gasteiger charge is 2.29. The molecular formula is C15H19NO2. The van der Waals surface area contributed by atoms with E-state index in [1.54, 1.807) is 0 Å².